The summed E-state index contributed by atoms with van der Waals surface area (Å²) in [5, 5.41) is 17.0. The van der Waals surface area contributed by atoms with Gasteiger partial charge in [0.15, 0.2) is 0 Å². The molecule has 4 rings (SSSR count). The highest BCUT2D eigenvalue weighted by molar-refractivity contribution is 6.38. The molecule has 0 unspecified atom stereocenters. The number of aromatic nitrogens is 2. The molecule has 0 saturated heterocycles. The van der Waals surface area contributed by atoms with E-state index in [4.69, 9.17) is 34.8 Å². The Hall–Kier alpha value is -3.33. The zero-order chi connectivity index (χ0) is 23.2. The zero-order valence-corrected chi connectivity index (χ0v) is 18.5. The first kappa shape index (κ1) is 21.9. The fraction of sp³-hybridized carbons (Fsp3) is 0.0476. The van der Waals surface area contributed by atoms with Crippen LogP contribution in [0, 0.1) is 0 Å². The highest BCUT2D eigenvalue weighted by Crippen LogP contribution is 2.33. The lowest BCUT2D eigenvalue weighted by Crippen LogP contribution is -2.30. The number of aromatic amines is 1. The highest BCUT2D eigenvalue weighted by Gasteiger charge is 2.31. The van der Waals surface area contributed by atoms with E-state index in [0.717, 1.165) is 9.58 Å². The number of rotatable bonds is 3. The predicted molar refractivity (Wildman–Crippen MR) is 124 cm³/mol. The second kappa shape index (κ2) is 8.31. The molecule has 2 heterocycles. The molecule has 0 fully saturated rings. The maximum atomic E-state index is 13.0. The largest absolute Gasteiger partial charge is 0.494 e. The molecule has 2 aromatic carbocycles. The van der Waals surface area contributed by atoms with Crippen molar-refractivity contribution in [3.05, 3.63) is 89.5 Å². The van der Waals surface area contributed by atoms with Gasteiger partial charge in [0, 0.05) is 10.0 Å². The molecule has 0 aliphatic carbocycles. The van der Waals surface area contributed by atoms with Crippen molar-refractivity contribution < 1.29 is 9.90 Å². The first-order valence-corrected chi connectivity index (χ1v) is 10.2. The van der Waals surface area contributed by atoms with Crippen LogP contribution in [0.5, 0.6) is 5.88 Å². The molecule has 2 N–H and O–H groups in total. The molecule has 0 atom stereocenters. The number of nitrogens with zero attached hydrogens (tertiary/aromatic N) is 3. The van der Waals surface area contributed by atoms with Gasteiger partial charge in [0.1, 0.15) is 5.56 Å². The quantitative estimate of drug-likeness (QED) is 0.540. The minimum absolute atomic E-state index is 0.0307. The standard InChI is InChI=1S/C21H13Cl3N4O4/c1-10-14(20(31)28(26-10)17-8-12(23)4-7-16(17)24)9-15-18(29)25-21(32)27(19(15)30)13-5-2-11(22)3-6-13/h2-9,30H,1H3,(H,25,29,32)/b14-9-. The number of anilines is 1. The number of nitrogens with one attached hydrogen (secondary N) is 1. The molecule has 1 aromatic heterocycles. The molecule has 8 nitrogen and oxygen atoms in total. The maximum absolute atomic E-state index is 13.0. The van der Waals surface area contributed by atoms with Gasteiger partial charge in [-0.15, -0.1) is 0 Å². The Morgan fingerprint density at radius 2 is 1.66 bits per heavy atom. The summed E-state index contributed by atoms with van der Waals surface area (Å²) in [6.45, 7) is 1.56. The van der Waals surface area contributed by atoms with Gasteiger partial charge in [0.25, 0.3) is 11.5 Å². The third kappa shape index (κ3) is 3.84. The summed E-state index contributed by atoms with van der Waals surface area (Å²) in [5.74, 6) is -1.23. The summed E-state index contributed by atoms with van der Waals surface area (Å²) in [6, 6.07) is 10.6. The van der Waals surface area contributed by atoms with E-state index < -0.39 is 23.0 Å². The Kier molecular flexibility index (Phi) is 5.68. The Morgan fingerprint density at radius 1 is 1.00 bits per heavy atom. The number of benzene rings is 2. The summed E-state index contributed by atoms with van der Waals surface area (Å²) in [5.41, 5.74) is -1.19. The van der Waals surface area contributed by atoms with Crippen molar-refractivity contribution in [1.82, 2.24) is 9.55 Å². The Balaban J connectivity index is 1.83. The summed E-state index contributed by atoms with van der Waals surface area (Å²) >= 11 is 18.1. The van der Waals surface area contributed by atoms with Gasteiger partial charge in [-0.3, -0.25) is 14.6 Å². The van der Waals surface area contributed by atoms with Crippen molar-refractivity contribution in [3.63, 3.8) is 0 Å². The first-order valence-electron chi connectivity index (χ1n) is 9.08. The van der Waals surface area contributed by atoms with Crippen LogP contribution in [-0.2, 0) is 4.79 Å². The molecular weight excluding hydrogens is 479 g/mol. The molecule has 1 amide bonds. The van der Waals surface area contributed by atoms with Crippen molar-refractivity contribution in [3.8, 4) is 11.6 Å². The van der Waals surface area contributed by atoms with Gasteiger partial charge in [0.05, 0.1) is 27.7 Å². The lowest BCUT2D eigenvalue weighted by atomic mass is 10.1. The van der Waals surface area contributed by atoms with Gasteiger partial charge in [-0.1, -0.05) is 34.8 Å². The minimum Gasteiger partial charge on any atom is -0.494 e. The number of carbonyl (C=O) groups is 1. The number of hydrogen-bond acceptors (Lipinski definition) is 5. The summed E-state index contributed by atoms with van der Waals surface area (Å²) in [7, 11) is 0. The van der Waals surface area contributed by atoms with Crippen LogP contribution >= 0.6 is 34.8 Å². The van der Waals surface area contributed by atoms with Crippen LogP contribution in [0.25, 0.3) is 11.8 Å². The van der Waals surface area contributed by atoms with E-state index in [2.05, 4.69) is 10.1 Å². The van der Waals surface area contributed by atoms with Crippen LogP contribution < -0.4 is 16.3 Å². The van der Waals surface area contributed by atoms with Gasteiger partial charge in [-0.25, -0.2) is 9.36 Å². The lowest BCUT2D eigenvalue weighted by Gasteiger charge is -2.14. The van der Waals surface area contributed by atoms with E-state index >= 15 is 0 Å². The van der Waals surface area contributed by atoms with Gasteiger partial charge in [0.2, 0.25) is 5.88 Å². The second-order valence-electron chi connectivity index (χ2n) is 6.76. The molecule has 11 heteroatoms. The molecule has 0 spiro atoms. The van der Waals surface area contributed by atoms with E-state index in [1.165, 1.54) is 42.5 Å². The van der Waals surface area contributed by atoms with Crippen LogP contribution in [-0.4, -0.2) is 26.3 Å². The monoisotopic (exact) mass is 490 g/mol. The maximum Gasteiger partial charge on any atom is 0.335 e. The molecule has 32 heavy (non-hydrogen) atoms. The number of halogens is 3. The number of carbonyl (C=O) groups excluding carboxylic acids is 1. The molecule has 1 aliphatic rings. The fourth-order valence-corrected chi connectivity index (χ4v) is 3.63. The van der Waals surface area contributed by atoms with E-state index in [1.807, 2.05) is 0 Å². The second-order valence-corrected chi connectivity index (χ2v) is 8.04. The van der Waals surface area contributed by atoms with E-state index in [1.54, 1.807) is 13.0 Å². The molecule has 0 saturated carbocycles. The molecular formula is C21H13Cl3N4O4. The molecule has 0 bridgehead atoms. The van der Waals surface area contributed by atoms with Crippen molar-refractivity contribution in [1.29, 1.82) is 0 Å². The van der Waals surface area contributed by atoms with Gasteiger partial charge < -0.3 is 5.11 Å². The normalized spacial score (nSPS) is 14.9. The Morgan fingerprint density at radius 3 is 2.34 bits per heavy atom. The topological polar surface area (TPSA) is 108 Å². The van der Waals surface area contributed by atoms with Crippen LogP contribution in [0.15, 0.2) is 62.7 Å². The van der Waals surface area contributed by atoms with Crippen molar-refractivity contribution in [2.75, 3.05) is 5.01 Å². The molecule has 3 aromatic rings. The average Bonchev–Trinajstić information content (AvgIpc) is 3.01. The van der Waals surface area contributed by atoms with Crippen LogP contribution in [0.2, 0.25) is 15.1 Å². The van der Waals surface area contributed by atoms with Crippen molar-refractivity contribution in [2.45, 2.75) is 6.92 Å². The van der Waals surface area contributed by atoms with E-state index in [-0.39, 0.29) is 33.2 Å². The fourth-order valence-electron chi connectivity index (χ4n) is 3.14. The van der Waals surface area contributed by atoms with Crippen molar-refractivity contribution >= 4 is 58.2 Å². The Labute approximate surface area is 195 Å². The number of aromatic hydroxyl groups is 1. The van der Waals surface area contributed by atoms with Crippen LogP contribution in [0.3, 0.4) is 0 Å². The van der Waals surface area contributed by atoms with Gasteiger partial charge in [-0.2, -0.15) is 10.1 Å². The zero-order valence-electron chi connectivity index (χ0n) is 16.3. The molecule has 162 valence electrons. The molecule has 0 radical (unpaired) electrons. The number of amides is 1. The summed E-state index contributed by atoms with van der Waals surface area (Å²) in [4.78, 5) is 40.0. The minimum atomic E-state index is -0.870. The average molecular weight is 492 g/mol. The number of hydrazone groups is 1. The SMILES string of the molecule is CC1=NN(c2cc(Cl)ccc2Cl)C(=O)/C1=C\c1c(O)n(-c2ccc(Cl)cc2)c(=O)[nH]c1=O. The first-order chi connectivity index (χ1) is 15.2. The summed E-state index contributed by atoms with van der Waals surface area (Å²) in [6.07, 6.45) is 1.17. The van der Waals surface area contributed by atoms with Gasteiger partial charge >= 0.3 is 5.69 Å². The van der Waals surface area contributed by atoms with Crippen molar-refractivity contribution in [2.24, 2.45) is 5.10 Å². The van der Waals surface area contributed by atoms with Crippen LogP contribution in [0.1, 0.15) is 12.5 Å². The number of hydrogen-bond donors (Lipinski definition) is 2. The third-order valence-electron chi connectivity index (χ3n) is 4.69. The van der Waals surface area contributed by atoms with E-state index in [9.17, 15) is 19.5 Å². The third-order valence-corrected chi connectivity index (χ3v) is 5.50. The van der Waals surface area contributed by atoms with Crippen LogP contribution in [0.4, 0.5) is 5.69 Å². The van der Waals surface area contributed by atoms with E-state index in [0.29, 0.717) is 10.0 Å². The lowest BCUT2D eigenvalue weighted by molar-refractivity contribution is -0.114. The highest BCUT2D eigenvalue weighted by atomic mass is 35.5. The molecule has 1 aliphatic heterocycles. The van der Waals surface area contributed by atoms with Gasteiger partial charge in [-0.05, 0) is 55.5 Å². The number of H-pyrrole nitrogens is 1. The smallest absolute Gasteiger partial charge is 0.335 e. The summed E-state index contributed by atoms with van der Waals surface area (Å²) < 4.78 is 0.891. The Bertz CT molecular complexity index is 1440. The predicted octanol–water partition coefficient (Wildman–Crippen LogP) is 4.00.